The molecule has 0 aliphatic carbocycles. The summed E-state index contributed by atoms with van der Waals surface area (Å²) in [5, 5.41) is 7.52. The lowest BCUT2D eigenvalue weighted by atomic mass is 10.2. The molecule has 2 aromatic heterocycles. The molecule has 134 valence electrons. The van der Waals surface area contributed by atoms with Crippen molar-refractivity contribution < 1.29 is 9.53 Å². The van der Waals surface area contributed by atoms with Crippen LogP contribution in [-0.4, -0.2) is 46.9 Å². The summed E-state index contributed by atoms with van der Waals surface area (Å²) >= 11 is 13.8. The van der Waals surface area contributed by atoms with E-state index in [9.17, 15) is 4.79 Å². The molecule has 1 aromatic carbocycles. The molecule has 0 radical (unpaired) electrons. The Kier molecular flexibility index (Phi) is 5.00. The molecule has 26 heavy (non-hydrogen) atoms. The number of ether oxygens (including phenoxy) is 1. The monoisotopic (exact) mass is 407 g/mol. The average Bonchev–Trinajstić information content (AvgIpc) is 3.33. The first-order valence-electron chi connectivity index (χ1n) is 8.10. The van der Waals surface area contributed by atoms with Gasteiger partial charge in [-0.3, -0.25) is 4.79 Å². The molecule has 0 bridgehead atoms. The maximum Gasteiger partial charge on any atom is 0.272 e. The molecular formula is C18H15Cl2N3O2S. The highest BCUT2D eigenvalue weighted by Gasteiger charge is 2.24. The average molecular weight is 408 g/mol. The van der Waals surface area contributed by atoms with Gasteiger partial charge in [-0.2, -0.15) is 5.10 Å². The normalized spacial score (nSPS) is 14.6. The fourth-order valence-electron chi connectivity index (χ4n) is 2.82. The molecule has 1 amide bonds. The van der Waals surface area contributed by atoms with Gasteiger partial charge in [-0.1, -0.05) is 29.3 Å². The van der Waals surface area contributed by atoms with E-state index >= 15 is 0 Å². The number of carbonyl (C=O) groups excluding carboxylic acids is 1. The lowest BCUT2D eigenvalue weighted by molar-refractivity contribution is 0.0297. The number of thiophene rings is 1. The standard InChI is InChI=1S/C18H15Cl2N3O2S/c19-13-4-3-12(10-14(13)20)23-16(18(24)22-5-7-25-8-6-22)11-15(21-23)17-2-1-9-26-17/h1-4,9-11H,5-8H2. The third-order valence-electron chi connectivity index (χ3n) is 4.15. The van der Waals surface area contributed by atoms with Crippen LogP contribution in [0.3, 0.4) is 0 Å². The van der Waals surface area contributed by atoms with Crippen LogP contribution in [0.25, 0.3) is 16.3 Å². The van der Waals surface area contributed by atoms with E-state index in [1.807, 2.05) is 23.6 Å². The summed E-state index contributed by atoms with van der Waals surface area (Å²) in [5.41, 5.74) is 1.94. The largest absolute Gasteiger partial charge is 0.378 e. The van der Waals surface area contributed by atoms with Crippen LogP contribution in [-0.2, 0) is 4.74 Å². The smallest absolute Gasteiger partial charge is 0.272 e. The summed E-state index contributed by atoms with van der Waals surface area (Å²) < 4.78 is 6.98. The molecule has 0 saturated carbocycles. The second-order valence-corrected chi connectivity index (χ2v) is 7.57. The second kappa shape index (κ2) is 7.40. The predicted molar refractivity (Wildman–Crippen MR) is 104 cm³/mol. The van der Waals surface area contributed by atoms with Crippen LogP contribution in [0, 0.1) is 0 Å². The molecule has 0 N–H and O–H groups in total. The Morgan fingerprint density at radius 3 is 2.62 bits per heavy atom. The van der Waals surface area contributed by atoms with Crippen LogP contribution in [0.2, 0.25) is 10.0 Å². The van der Waals surface area contributed by atoms with E-state index < -0.39 is 0 Å². The number of halogens is 2. The van der Waals surface area contributed by atoms with E-state index in [0.717, 1.165) is 10.6 Å². The zero-order chi connectivity index (χ0) is 18.1. The molecule has 1 aliphatic rings. The van der Waals surface area contributed by atoms with Crippen LogP contribution >= 0.6 is 34.5 Å². The quantitative estimate of drug-likeness (QED) is 0.646. The van der Waals surface area contributed by atoms with E-state index in [1.54, 1.807) is 39.1 Å². The molecule has 8 heteroatoms. The maximum absolute atomic E-state index is 13.1. The van der Waals surface area contributed by atoms with Gasteiger partial charge in [0.15, 0.2) is 0 Å². The van der Waals surface area contributed by atoms with Gasteiger partial charge in [0.05, 0.1) is 33.8 Å². The number of nitrogens with zero attached hydrogens (tertiary/aromatic N) is 3. The first-order chi connectivity index (χ1) is 12.6. The highest BCUT2D eigenvalue weighted by Crippen LogP contribution is 2.29. The molecule has 3 aromatic rings. The molecule has 0 atom stereocenters. The van der Waals surface area contributed by atoms with Crippen molar-refractivity contribution in [2.24, 2.45) is 0 Å². The zero-order valence-corrected chi connectivity index (χ0v) is 16.0. The molecule has 1 aliphatic heterocycles. The lowest BCUT2D eigenvalue weighted by Crippen LogP contribution is -2.41. The van der Waals surface area contributed by atoms with Gasteiger partial charge in [-0.05, 0) is 35.7 Å². The second-order valence-electron chi connectivity index (χ2n) is 5.81. The fourth-order valence-corrected chi connectivity index (χ4v) is 3.79. The van der Waals surface area contributed by atoms with Gasteiger partial charge < -0.3 is 9.64 Å². The van der Waals surface area contributed by atoms with Crippen molar-refractivity contribution in [1.82, 2.24) is 14.7 Å². The molecule has 0 unspecified atom stereocenters. The SMILES string of the molecule is O=C(c1cc(-c2cccs2)nn1-c1ccc(Cl)c(Cl)c1)N1CCOCC1. The predicted octanol–water partition coefficient (Wildman–Crippen LogP) is 4.38. The lowest BCUT2D eigenvalue weighted by Gasteiger charge is -2.26. The number of hydrogen-bond acceptors (Lipinski definition) is 4. The maximum atomic E-state index is 13.1. The van der Waals surface area contributed by atoms with E-state index in [0.29, 0.717) is 47.7 Å². The van der Waals surface area contributed by atoms with Gasteiger partial charge in [0.25, 0.3) is 5.91 Å². The van der Waals surface area contributed by atoms with E-state index in [1.165, 1.54) is 0 Å². The summed E-state index contributed by atoms with van der Waals surface area (Å²) in [7, 11) is 0. The van der Waals surface area contributed by atoms with Crippen molar-refractivity contribution in [2.75, 3.05) is 26.3 Å². The van der Waals surface area contributed by atoms with Crippen molar-refractivity contribution in [2.45, 2.75) is 0 Å². The summed E-state index contributed by atoms with van der Waals surface area (Å²) in [4.78, 5) is 15.9. The van der Waals surface area contributed by atoms with Gasteiger partial charge >= 0.3 is 0 Å². The minimum absolute atomic E-state index is 0.0744. The first-order valence-corrected chi connectivity index (χ1v) is 9.73. The highest BCUT2D eigenvalue weighted by molar-refractivity contribution is 7.13. The summed E-state index contributed by atoms with van der Waals surface area (Å²) in [6, 6.07) is 11.0. The zero-order valence-electron chi connectivity index (χ0n) is 13.7. The number of rotatable bonds is 3. The Morgan fingerprint density at radius 2 is 1.92 bits per heavy atom. The molecule has 1 fully saturated rings. The van der Waals surface area contributed by atoms with E-state index in [4.69, 9.17) is 27.9 Å². The summed E-state index contributed by atoms with van der Waals surface area (Å²) in [5.74, 6) is -0.0744. The molecule has 1 saturated heterocycles. The van der Waals surface area contributed by atoms with E-state index in [2.05, 4.69) is 5.10 Å². The Labute approximate surface area is 164 Å². The van der Waals surface area contributed by atoms with Crippen molar-refractivity contribution in [1.29, 1.82) is 0 Å². The molecule has 3 heterocycles. The minimum atomic E-state index is -0.0744. The van der Waals surface area contributed by atoms with Crippen molar-refractivity contribution in [3.05, 3.63) is 57.5 Å². The molecule has 0 spiro atoms. The van der Waals surface area contributed by atoms with E-state index in [-0.39, 0.29) is 5.91 Å². The third-order valence-corrected chi connectivity index (χ3v) is 5.78. The molecular weight excluding hydrogens is 393 g/mol. The number of benzene rings is 1. The molecule has 4 rings (SSSR count). The summed E-state index contributed by atoms with van der Waals surface area (Å²) in [6.45, 7) is 2.23. The third kappa shape index (κ3) is 3.38. The van der Waals surface area contributed by atoms with Gasteiger partial charge in [0, 0.05) is 13.1 Å². The van der Waals surface area contributed by atoms with Crippen LogP contribution in [0.4, 0.5) is 0 Å². The van der Waals surface area contributed by atoms with Crippen LogP contribution in [0.15, 0.2) is 41.8 Å². The van der Waals surface area contributed by atoms with Crippen LogP contribution < -0.4 is 0 Å². The van der Waals surface area contributed by atoms with Crippen LogP contribution in [0.1, 0.15) is 10.5 Å². The number of amides is 1. The summed E-state index contributed by atoms with van der Waals surface area (Å²) in [6.07, 6.45) is 0. The Bertz CT molecular complexity index is 934. The van der Waals surface area contributed by atoms with Crippen molar-refractivity contribution >= 4 is 40.4 Å². The number of carbonyl (C=O) groups is 1. The fraction of sp³-hybridized carbons (Fsp3) is 0.222. The van der Waals surface area contributed by atoms with Gasteiger partial charge in [0.2, 0.25) is 0 Å². The van der Waals surface area contributed by atoms with Crippen molar-refractivity contribution in [3.63, 3.8) is 0 Å². The number of hydrogen-bond donors (Lipinski definition) is 0. The Hall–Kier alpha value is -1.86. The molecule has 5 nitrogen and oxygen atoms in total. The van der Waals surface area contributed by atoms with Gasteiger partial charge in [-0.15, -0.1) is 11.3 Å². The minimum Gasteiger partial charge on any atom is -0.378 e. The topological polar surface area (TPSA) is 47.4 Å². The van der Waals surface area contributed by atoms with Crippen LogP contribution in [0.5, 0.6) is 0 Å². The van der Waals surface area contributed by atoms with Gasteiger partial charge in [0.1, 0.15) is 11.4 Å². The van der Waals surface area contributed by atoms with Crippen molar-refractivity contribution in [3.8, 4) is 16.3 Å². The Balaban J connectivity index is 1.80. The number of morpholine rings is 1. The first kappa shape index (κ1) is 17.5. The van der Waals surface area contributed by atoms with Gasteiger partial charge in [-0.25, -0.2) is 4.68 Å². The highest BCUT2D eigenvalue weighted by atomic mass is 35.5. The Morgan fingerprint density at radius 1 is 1.12 bits per heavy atom. The number of aromatic nitrogens is 2.